The fourth-order valence-electron chi connectivity index (χ4n) is 1.24. The summed E-state index contributed by atoms with van der Waals surface area (Å²) < 4.78 is 42.1. The summed E-state index contributed by atoms with van der Waals surface area (Å²) in [5.41, 5.74) is 1.40. The molecule has 0 aliphatic carbocycles. The van der Waals surface area contributed by atoms with Gasteiger partial charge in [0.15, 0.2) is 0 Å². The molecule has 7 nitrogen and oxygen atoms in total. The molecule has 0 radical (unpaired) electrons. The number of rotatable bonds is 4. The summed E-state index contributed by atoms with van der Waals surface area (Å²) in [4.78, 5) is 15.4. The Hall–Kier alpha value is -2.14. The highest BCUT2D eigenvalue weighted by atomic mass is 32.2. The minimum atomic E-state index is -4.43. The average molecular weight is 318 g/mol. The first kappa shape index (κ1) is 15.3. The van der Waals surface area contributed by atoms with Gasteiger partial charge in [-0.05, 0) is 23.9 Å². The molecular formula is C10H9F3N6OS. The monoisotopic (exact) mass is 318 g/mol. The van der Waals surface area contributed by atoms with E-state index in [1.165, 1.54) is 13.2 Å². The Balaban J connectivity index is 2.22. The highest BCUT2D eigenvalue weighted by Crippen LogP contribution is 2.30. The maximum Gasteiger partial charge on any atom is 0.417 e. The van der Waals surface area contributed by atoms with Crippen LogP contribution in [0.3, 0.4) is 0 Å². The molecule has 0 aliphatic rings. The zero-order chi connectivity index (χ0) is 15.5. The molecule has 112 valence electrons. The fourth-order valence-corrected chi connectivity index (χ4v) is 1.93. The van der Waals surface area contributed by atoms with Gasteiger partial charge < -0.3 is 4.74 Å². The maximum absolute atomic E-state index is 12.4. The molecule has 0 aromatic carbocycles. The Kier molecular flexibility index (Phi) is 4.43. The minimum absolute atomic E-state index is 0.0207. The van der Waals surface area contributed by atoms with E-state index in [0.717, 1.165) is 24.0 Å². The fraction of sp³-hybridized carbons (Fsp3) is 0.200. The largest absolute Gasteiger partial charge is 0.467 e. The summed E-state index contributed by atoms with van der Waals surface area (Å²) in [5, 5.41) is 0.473. The van der Waals surface area contributed by atoms with Crippen molar-refractivity contribution >= 4 is 17.7 Å². The second-order valence-corrected chi connectivity index (χ2v) is 4.55. The first-order valence-electron chi connectivity index (χ1n) is 5.40. The van der Waals surface area contributed by atoms with Gasteiger partial charge in [0.1, 0.15) is 5.03 Å². The molecule has 0 fully saturated rings. The predicted molar refractivity (Wildman–Crippen MR) is 67.6 cm³/mol. The first-order valence-corrected chi connectivity index (χ1v) is 6.22. The molecule has 0 amide bonds. The van der Waals surface area contributed by atoms with Gasteiger partial charge in [-0.2, -0.15) is 28.1 Å². The quantitative estimate of drug-likeness (QED) is 0.649. The zero-order valence-electron chi connectivity index (χ0n) is 10.5. The number of hydrogen-bond donors (Lipinski definition) is 2. The third-order valence-electron chi connectivity index (χ3n) is 2.17. The van der Waals surface area contributed by atoms with Gasteiger partial charge in [-0.3, -0.25) is 5.43 Å². The molecular weight excluding hydrogens is 309 g/mol. The summed E-state index contributed by atoms with van der Waals surface area (Å²) in [6, 6.07) is 2.17. The maximum atomic E-state index is 12.4. The number of nitrogens with one attached hydrogen (secondary N) is 1. The molecule has 0 saturated heterocycles. The molecule has 3 N–H and O–H groups in total. The number of pyridine rings is 1. The number of ether oxygens (including phenoxy) is 1. The van der Waals surface area contributed by atoms with Gasteiger partial charge in [-0.25, -0.2) is 10.8 Å². The lowest BCUT2D eigenvalue weighted by Gasteiger charge is -2.07. The zero-order valence-corrected chi connectivity index (χ0v) is 11.4. The van der Waals surface area contributed by atoms with Crippen LogP contribution >= 0.6 is 11.8 Å². The number of anilines is 1. The van der Waals surface area contributed by atoms with E-state index in [1.807, 2.05) is 0 Å². The number of alkyl halides is 3. The van der Waals surface area contributed by atoms with Crippen molar-refractivity contribution in [2.45, 2.75) is 16.4 Å². The van der Waals surface area contributed by atoms with Crippen LogP contribution in [0.1, 0.15) is 5.56 Å². The Morgan fingerprint density at radius 2 is 2.00 bits per heavy atom. The number of aromatic nitrogens is 4. The highest BCUT2D eigenvalue weighted by Gasteiger charge is 2.30. The molecule has 21 heavy (non-hydrogen) atoms. The Morgan fingerprint density at radius 3 is 2.52 bits per heavy atom. The van der Waals surface area contributed by atoms with Gasteiger partial charge in [0, 0.05) is 6.20 Å². The molecule has 0 aliphatic heterocycles. The van der Waals surface area contributed by atoms with E-state index in [9.17, 15) is 13.2 Å². The van der Waals surface area contributed by atoms with Crippen molar-refractivity contribution in [2.75, 3.05) is 12.5 Å². The van der Waals surface area contributed by atoms with E-state index in [-0.39, 0.29) is 17.1 Å². The Bertz CT molecular complexity index is 599. The van der Waals surface area contributed by atoms with Crippen LogP contribution in [-0.4, -0.2) is 27.0 Å². The van der Waals surface area contributed by atoms with Crippen molar-refractivity contribution in [1.29, 1.82) is 0 Å². The number of nitrogens with zero attached hydrogens (tertiary/aromatic N) is 4. The van der Waals surface area contributed by atoms with Crippen LogP contribution in [0.5, 0.6) is 6.01 Å². The van der Waals surface area contributed by atoms with E-state index < -0.39 is 11.7 Å². The normalized spacial score (nSPS) is 11.3. The van der Waals surface area contributed by atoms with Gasteiger partial charge in [0.2, 0.25) is 11.1 Å². The molecule has 0 bridgehead atoms. The summed E-state index contributed by atoms with van der Waals surface area (Å²) >= 11 is 0.950. The van der Waals surface area contributed by atoms with Crippen LogP contribution in [0.2, 0.25) is 0 Å². The molecule has 2 rings (SSSR count). The van der Waals surface area contributed by atoms with Crippen LogP contribution in [0.4, 0.5) is 19.1 Å². The van der Waals surface area contributed by atoms with Gasteiger partial charge in [0.25, 0.3) is 0 Å². The van der Waals surface area contributed by atoms with Crippen molar-refractivity contribution in [3.05, 3.63) is 23.9 Å². The number of hydrazine groups is 1. The molecule has 0 atom stereocenters. The molecule has 0 saturated carbocycles. The molecule has 2 aromatic rings. The van der Waals surface area contributed by atoms with Crippen molar-refractivity contribution in [1.82, 2.24) is 19.9 Å². The number of halogens is 3. The van der Waals surface area contributed by atoms with E-state index in [4.69, 9.17) is 10.6 Å². The van der Waals surface area contributed by atoms with E-state index in [1.54, 1.807) is 0 Å². The molecule has 2 heterocycles. The van der Waals surface area contributed by atoms with Crippen molar-refractivity contribution in [2.24, 2.45) is 5.84 Å². The topological polar surface area (TPSA) is 98.8 Å². The summed E-state index contributed by atoms with van der Waals surface area (Å²) in [7, 11) is 1.36. The van der Waals surface area contributed by atoms with Gasteiger partial charge in [0.05, 0.1) is 12.7 Å². The lowest BCUT2D eigenvalue weighted by molar-refractivity contribution is -0.137. The Labute approximate surface area is 121 Å². The predicted octanol–water partition coefficient (Wildman–Crippen LogP) is 1.73. The molecule has 0 spiro atoms. The summed E-state index contributed by atoms with van der Waals surface area (Å²) in [5.74, 6) is 5.26. The summed E-state index contributed by atoms with van der Waals surface area (Å²) in [6.07, 6.45) is -3.69. The second-order valence-electron chi connectivity index (χ2n) is 3.56. The number of hydrogen-bond acceptors (Lipinski definition) is 8. The second kappa shape index (κ2) is 6.10. The average Bonchev–Trinajstić information content (AvgIpc) is 2.46. The van der Waals surface area contributed by atoms with Gasteiger partial charge in [-0.1, -0.05) is 0 Å². The summed E-state index contributed by atoms with van der Waals surface area (Å²) in [6.45, 7) is 0. The molecule has 2 aromatic heterocycles. The first-order chi connectivity index (χ1) is 9.92. The van der Waals surface area contributed by atoms with E-state index >= 15 is 0 Å². The van der Waals surface area contributed by atoms with Gasteiger partial charge >= 0.3 is 12.2 Å². The van der Waals surface area contributed by atoms with Crippen LogP contribution in [-0.2, 0) is 6.18 Å². The smallest absolute Gasteiger partial charge is 0.417 e. The van der Waals surface area contributed by atoms with Crippen molar-refractivity contribution in [3.63, 3.8) is 0 Å². The van der Waals surface area contributed by atoms with E-state index in [0.29, 0.717) is 5.03 Å². The minimum Gasteiger partial charge on any atom is -0.467 e. The highest BCUT2D eigenvalue weighted by molar-refractivity contribution is 7.99. The van der Waals surface area contributed by atoms with Gasteiger partial charge in [-0.15, -0.1) is 0 Å². The number of nitrogen functional groups attached to an aromatic ring is 1. The van der Waals surface area contributed by atoms with Crippen LogP contribution in [0.25, 0.3) is 0 Å². The Morgan fingerprint density at radius 1 is 1.24 bits per heavy atom. The van der Waals surface area contributed by atoms with E-state index in [2.05, 4.69) is 25.4 Å². The van der Waals surface area contributed by atoms with Crippen LogP contribution in [0.15, 0.2) is 28.5 Å². The lowest BCUT2D eigenvalue weighted by Crippen LogP contribution is -2.12. The number of nitrogens with two attached hydrogens (primary N) is 1. The van der Waals surface area contributed by atoms with Crippen LogP contribution in [0, 0.1) is 0 Å². The third kappa shape index (κ3) is 3.92. The van der Waals surface area contributed by atoms with Crippen molar-refractivity contribution in [3.8, 4) is 6.01 Å². The van der Waals surface area contributed by atoms with Crippen molar-refractivity contribution < 1.29 is 17.9 Å². The lowest BCUT2D eigenvalue weighted by atomic mass is 10.3. The third-order valence-corrected chi connectivity index (χ3v) is 2.98. The number of methoxy groups -OCH3 is 1. The SMILES string of the molecule is COc1nc(NN)nc(Sc2ccc(C(F)(F)F)cn2)n1. The standard InChI is InChI=1S/C10H9F3N6OS/c1-20-8-16-7(19-14)17-9(18-8)21-6-3-2-5(4-15-6)10(11,12)13/h2-4H,14H2,1H3,(H,16,17,18,19). The molecule has 0 unspecified atom stereocenters. The molecule has 11 heteroatoms. The van der Waals surface area contributed by atoms with Crippen LogP contribution < -0.4 is 16.0 Å².